The number of fused-ring (bicyclic) bond motifs is 1. The van der Waals surface area contributed by atoms with Crippen molar-refractivity contribution in [3.8, 4) is 23.1 Å². The number of hydrogen-bond donors (Lipinski definition) is 2. The van der Waals surface area contributed by atoms with E-state index < -0.39 is 0 Å². The predicted octanol–water partition coefficient (Wildman–Crippen LogP) is 3.56. The fourth-order valence-electron chi connectivity index (χ4n) is 4.05. The summed E-state index contributed by atoms with van der Waals surface area (Å²) in [5, 5.41) is 12.8. The van der Waals surface area contributed by atoms with Crippen molar-refractivity contribution >= 4 is 5.91 Å². The summed E-state index contributed by atoms with van der Waals surface area (Å²) in [4.78, 5) is 17.0. The van der Waals surface area contributed by atoms with Gasteiger partial charge >= 0.3 is 0 Å². The smallest absolute Gasteiger partial charge is 0.256 e. The molecule has 1 unspecified atom stereocenters. The molecule has 1 atom stereocenters. The van der Waals surface area contributed by atoms with Gasteiger partial charge in [0, 0.05) is 18.8 Å². The number of nitrogens with one attached hydrogen (secondary N) is 1. The van der Waals surface area contributed by atoms with Crippen molar-refractivity contribution in [2.45, 2.75) is 38.7 Å². The number of nitrogens with zero attached hydrogens (tertiary/aromatic N) is 1. The third kappa shape index (κ3) is 4.84. The van der Waals surface area contributed by atoms with Gasteiger partial charge in [0.25, 0.3) is 5.91 Å². The molecule has 0 saturated heterocycles. The first kappa shape index (κ1) is 20.5. The molecule has 7 heteroatoms. The van der Waals surface area contributed by atoms with Crippen LogP contribution in [0.2, 0.25) is 0 Å². The Morgan fingerprint density at radius 1 is 1.20 bits per heavy atom. The number of benzene rings is 1. The Hall–Kier alpha value is -2.80. The molecular formula is C23H28N2O5. The molecular weight excluding hydrogens is 384 g/mol. The summed E-state index contributed by atoms with van der Waals surface area (Å²) in [6, 6.07) is 8.73. The van der Waals surface area contributed by atoms with Crippen LogP contribution < -0.4 is 19.5 Å². The fraction of sp³-hybridized carbons (Fsp3) is 0.478. The Bertz CT molecular complexity index is 878. The van der Waals surface area contributed by atoms with Crippen LogP contribution in [0.3, 0.4) is 0 Å². The van der Waals surface area contributed by atoms with Gasteiger partial charge in [-0.05, 0) is 68.7 Å². The molecule has 4 rings (SSSR count). The third-order valence-corrected chi connectivity index (χ3v) is 5.87. The number of carbonyl (C=O) groups is 1. The Morgan fingerprint density at radius 3 is 2.73 bits per heavy atom. The van der Waals surface area contributed by atoms with Gasteiger partial charge in [0.2, 0.25) is 5.88 Å². The lowest BCUT2D eigenvalue weighted by Crippen LogP contribution is -2.33. The standard InChI is InChI=1S/C23H28N2O5/c1-15(26)17-6-4-16(5-7-17)14-25-22(27)19-3-2-10-24-23(19)30-18-8-9-20-21(13-18)29-12-11-28-20/h2-3,8-10,13,15-17,26H,4-7,11-12,14H2,1H3,(H,25,27). The van der Waals surface area contributed by atoms with Crippen molar-refractivity contribution in [1.29, 1.82) is 0 Å². The summed E-state index contributed by atoms with van der Waals surface area (Å²) in [6.45, 7) is 3.49. The molecule has 1 aromatic heterocycles. The van der Waals surface area contributed by atoms with Gasteiger partial charge in [-0.2, -0.15) is 0 Å². The van der Waals surface area contributed by atoms with Crippen LogP contribution in [0.15, 0.2) is 36.5 Å². The Labute approximate surface area is 176 Å². The lowest BCUT2D eigenvalue weighted by Gasteiger charge is -2.30. The maximum absolute atomic E-state index is 12.8. The van der Waals surface area contributed by atoms with E-state index in [0.29, 0.717) is 54.4 Å². The largest absolute Gasteiger partial charge is 0.486 e. The first-order chi connectivity index (χ1) is 14.6. The molecule has 1 fully saturated rings. The van der Waals surface area contributed by atoms with E-state index in [4.69, 9.17) is 14.2 Å². The predicted molar refractivity (Wildman–Crippen MR) is 111 cm³/mol. The summed E-state index contributed by atoms with van der Waals surface area (Å²) in [7, 11) is 0. The summed E-state index contributed by atoms with van der Waals surface area (Å²) in [6.07, 6.45) is 5.39. The molecule has 30 heavy (non-hydrogen) atoms. The van der Waals surface area contributed by atoms with E-state index in [-0.39, 0.29) is 17.9 Å². The van der Waals surface area contributed by atoms with Crippen LogP contribution in [-0.4, -0.2) is 41.9 Å². The van der Waals surface area contributed by atoms with Gasteiger partial charge < -0.3 is 24.6 Å². The summed E-state index contributed by atoms with van der Waals surface area (Å²) in [5.41, 5.74) is 0.394. The van der Waals surface area contributed by atoms with E-state index in [9.17, 15) is 9.90 Å². The van der Waals surface area contributed by atoms with Gasteiger partial charge in [-0.3, -0.25) is 4.79 Å². The number of aliphatic hydroxyl groups is 1. The first-order valence-electron chi connectivity index (χ1n) is 10.6. The minimum Gasteiger partial charge on any atom is -0.486 e. The molecule has 0 spiro atoms. The van der Waals surface area contributed by atoms with Crippen molar-refractivity contribution in [2.75, 3.05) is 19.8 Å². The highest BCUT2D eigenvalue weighted by Gasteiger charge is 2.25. The highest BCUT2D eigenvalue weighted by Crippen LogP contribution is 2.35. The number of carbonyl (C=O) groups excluding carboxylic acids is 1. The summed E-state index contributed by atoms with van der Waals surface area (Å²) < 4.78 is 17.0. The van der Waals surface area contributed by atoms with Crippen LogP contribution in [0.25, 0.3) is 0 Å². The second-order valence-electron chi connectivity index (χ2n) is 8.00. The molecule has 0 bridgehead atoms. The van der Waals surface area contributed by atoms with Gasteiger partial charge in [-0.15, -0.1) is 0 Å². The van der Waals surface area contributed by atoms with Crippen molar-refractivity contribution in [2.24, 2.45) is 11.8 Å². The van der Waals surface area contributed by atoms with Crippen LogP contribution >= 0.6 is 0 Å². The molecule has 2 N–H and O–H groups in total. The van der Waals surface area contributed by atoms with Crippen LogP contribution in [0.5, 0.6) is 23.1 Å². The SMILES string of the molecule is CC(O)C1CCC(CNC(=O)c2cccnc2Oc2ccc3c(c2)OCCO3)CC1. The average molecular weight is 412 g/mol. The number of aromatic nitrogens is 1. The zero-order valence-corrected chi connectivity index (χ0v) is 17.2. The fourth-order valence-corrected chi connectivity index (χ4v) is 4.05. The van der Waals surface area contributed by atoms with Crippen molar-refractivity contribution < 1.29 is 24.1 Å². The molecule has 0 radical (unpaired) electrons. The number of amides is 1. The highest BCUT2D eigenvalue weighted by atomic mass is 16.6. The zero-order chi connectivity index (χ0) is 20.9. The van der Waals surface area contributed by atoms with Gasteiger partial charge in [0.05, 0.1) is 6.10 Å². The molecule has 1 amide bonds. The van der Waals surface area contributed by atoms with E-state index in [2.05, 4.69) is 10.3 Å². The lowest BCUT2D eigenvalue weighted by atomic mass is 9.80. The van der Waals surface area contributed by atoms with E-state index >= 15 is 0 Å². The molecule has 2 heterocycles. The number of aliphatic hydroxyl groups excluding tert-OH is 1. The molecule has 7 nitrogen and oxygen atoms in total. The number of hydrogen-bond acceptors (Lipinski definition) is 6. The Morgan fingerprint density at radius 2 is 1.97 bits per heavy atom. The molecule has 1 aliphatic carbocycles. The minimum absolute atomic E-state index is 0.201. The third-order valence-electron chi connectivity index (χ3n) is 5.87. The topological polar surface area (TPSA) is 89.9 Å². The monoisotopic (exact) mass is 412 g/mol. The minimum atomic E-state index is -0.254. The zero-order valence-electron chi connectivity index (χ0n) is 17.2. The van der Waals surface area contributed by atoms with Crippen LogP contribution in [0.1, 0.15) is 43.0 Å². The summed E-state index contributed by atoms with van der Waals surface area (Å²) in [5.74, 6) is 2.69. The van der Waals surface area contributed by atoms with E-state index in [0.717, 1.165) is 25.7 Å². The van der Waals surface area contributed by atoms with Crippen LogP contribution in [-0.2, 0) is 0 Å². The number of ether oxygens (including phenoxy) is 3. The van der Waals surface area contributed by atoms with Crippen LogP contribution in [0.4, 0.5) is 0 Å². The van der Waals surface area contributed by atoms with Gasteiger partial charge in [0.15, 0.2) is 11.5 Å². The van der Waals surface area contributed by atoms with Crippen LogP contribution in [0, 0.1) is 11.8 Å². The van der Waals surface area contributed by atoms with Crippen molar-refractivity contribution in [1.82, 2.24) is 10.3 Å². The number of pyridine rings is 1. The average Bonchev–Trinajstić information content (AvgIpc) is 2.78. The molecule has 1 aromatic carbocycles. The van der Waals surface area contributed by atoms with Crippen molar-refractivity contribution in [3.63, 3.8) is 0 Å². The lowest BCUT2D eigenvalue weighted by molar-refractivity contribution is 0.0839. The first-order valence-corrected chi connectivity index (χ1v) is 10.6. The van der Waals surface area contributed by atoms with E-state index in [1.165, 1.54) is 0 Å². The van der Waals surface area contributed by atoms with Gasteiger partial charge in [-0.25, -0.2) is 4.98 Å². The van der Waals surface area contributed by atoms with Gasteiger partial charge in [0.1, 0.15) is 24.5 Å². The Balaban J connectivity index is 1.37. The molecule has 2 aliphatic rings. The molecule has 2 aromatic rings. The molecule has 1 aliphatic heterocycles. The van der Waals surface area contributed by atoms with E-state index in [1.54, 1.807) is 36.5 Å². The maximum atomic E-state index is 12.8. The quantitative estimate of drug-likeness (QED) is 0.754. The number of rotatable bonds is 6. The second kappa shape index (κ2) is 9.34. The summed E-state index contributed by atoms with van der Waals surface area (Å²) >= 11 is 0. The normalized spacial score (nSPS) is 21.5. The molecule has 1 saturated carbocycles. The second-order valence-corrected chi connectivity index (χ2v) is 8.00. The Kier molecular flexibility index (Phi) is 6.38. The van der Waals surface area contributed by atoms with Gasteiger partial charge in [-0.1, -0.05) is 0 Å². The van der Waals surface area contributed by atoms with E-state index in [1.807, 2.05) is 6.92 Å². The maximum Gasteiger partial charge on any atom is 0.256 e. The molecule has 160 valence electrons. The van der Waals surface area contributed by atoms with Crippen molar-refractivity contribution in [3.05, 3.63) is 42.1 Å². The highest BCUT2D eigenvalue weighted by molar-refractivity contribution is 5.96.